The number of amides is 1. The van der Waals surface area contributed by atoms with Crippen molar-refractivity contribution in [3.63, 3.8) is 0 Å². The molecule has 0 bridgehead atoms. The second-order valence-electron chi connectivity index (χ2n) is 5.53. The van der Waals surface area contributed by atoms with Gasteiger partial charge in [-0.3, -0.25) is 4.79 Å². The van der Waals surface area contributed by atoms with Crippen LogP contribution in [0.4, 0.5) is 5.82 Å². The summed E-state index contributed by atoms with van der Waals surface area (Å²) in [5.74, 6) is 0.687. The van der Waals surface area contributed by atoms with Crippen LogP contribution >= 0.6 is 0 Å². The van der Waals surface area contributed by atoms with Gasteiger partial charge in [-0.15, -0.1) is 0 Å². The van der Waals surface area contributed by atoms with Crippen LogP contribution in [-0.4, -0.2) is 48.0 Å². The maximum absolute atomic E-state index is 12.3. The van der Waals surface area contributed by atoms with Crippen molar-refractivity contribution in [3.05, 3.63) is 23.9 Å². The Morgan fingerprint density at radius 1 is 1.33 bits per heavy atom. The van der Waals surface area contributed by atoms with Gasteiger partial charge in [0.25, 0.3) is 5.91 Å². The topological polar surface area (TPSA) is 57.3 Å². The average molecular weight is 290 g/mol. The summed E-state index contributed by atoms with van der Waals surface area (Å²) in [5, 5.41) is 6.24. The van der Waals surface area contributed by atoms with E-state index in [2.05, 4.69) is 27.4 Å². The Kier molecular flexibility index (Phi) is 5.99. The number of nitrogens with zero attached hydrogens (tertiary/aromatic N) is 2. The molecule has 116 valence electrons. The van der Waals surface area contributed by atoms with Crippen LogP contribution in [0, 0.1) is 0 Å². The molecule has 2 heterocycles. The number of pyridine rings is 1. The summed E-state index contributed by atoms with van der Waals surface area (Å²) in [6, 6.07) is 5.78. The zero-order valence-corrected chi connectivity index (χ0v) is 13.1. The number of carbonyl (C=O) groups excluding carboxylic acids is 1. The number of piperidine rings is 1. The minimum atomic E-state index is -0.0660. The van der Waals surface area contributed by atoms with Crippen LogP contribution in [0.5, 0.6) is 0 Å². The van der Waals surface area contributed by atoms with E-state index in [1.54, 1.807) is 6.07 Å². The molecule has 5 heteroatoms. The Hall–Kier alpha value is -1.62. The van der Waals surface area contributed by atoms with Crippen molar-refractivity contribution in [1.29, 1.82) is 0 Å². The van der Waals surface area contributed by atoms with Gasteiger partial charge in [-0.1, -0.05) is 13.0 Å². The second-order valence-corrected chi connectivity index (χ2v) is 5.53. The van der Waals surface area contributed by atoms with E-state index in [0.717, 1.165) is 44.8 Å². The zero-order valence-electron chi connectivity index (χ0n) is 13.1. The molecule has 0 unspecified atom stereocenters. The fraction of sp³-hybridized carbons (Fsp3) is 0.625. The molecule has 2 rings (SSSR count). The van der Waals surface area contributed by atoms with Crippen molar-refractivity contribution in [2.24, 2.45) is 0 Å². The lowest BCUT2D eigenvalue weighted by molar-refractivity contribution is 0.0906. The number of rotatable bonds is 6. The van der Waals surface area contributed by atoms with Crippen LogP contribution in [-0.2, 0) is 0 Å². The Bertz CT molecular complexity index is 455. The Morgan fingerprint density at radius 3 is 2.76 bits per heavy atom. The largest absolute Gasteiger partial charge is 0.370 e. The summed E-state index contributed by atoms with van der Waals surface area (Å²) in [7, 11) is 0. The molecule has 1 saturated heterocycles. The van der Waals surface area contributed by atoms with Gasteiger partial charge >= 0.3 is 0 Å². The molecule has 1 aromatic rings. The second kappa shape index (κ2) is 7.98. The Labute approximate surface area is 127 Å². The molecule has 5 nitrogen and oxygen atoms in total. The van der Waals surface area contributed by atoms with Gasteiger partial charge in [0.15, 0.2) is 0 Å². The van der Waals surface area contributed by atoms with Gasteiger partial charge in [-0.25, -0.2) is 4.98 Å². The van der Waals surface area contributed by atoms with Gasteiger partial charge in [-0.05, 0) is 44.9 Å². The first-order chi connectivity index (χ1) is 10.2. The summed E-state index contributed by atoms with van der Waals surface area (Å²) in [5.41, 5.74) is 0.490. The highest BCUT2D eigenvalue weighted by atomic mass is 16.1. The summed E-state index contributed by atoms with van der Waals surface area (Å²) >= 11 is 0. The number of hydrogen-bond donors (Lipinski definition) is 2. The van der Waals surface area contributed by atoms with E-state index in [-0.39, 0.29) is 11.9 Å². The SMILES string of the molecule is CCCN1CCC(NC(=O)c2cccc(NCC)n2)CC1. The van der Waals surface area contributed by atoms with Crippen LogP contribution in [0.2, 0.25) is 0 Å². The third-order valence-corrected chi connectivity index (χ3v) is 3.80. The monoisotopic (exact) mass is 290 g/mol. The summed E-state index contributed by atoms with van der Waals surface area (Å²) in [6.07, 6.45) is 3.25. The van der Waals surface area contributed by atoms with Crippen molar-refractivity contribution in [2.45, 2.75) is 39.2 Å². The lowest BCUT2D eigenvalue weighted by Gasteiger charge is -2.32. The number of anilines is 1. The maximum atomic E-state index is 12.3. The van der Waals surface area contributed by atoms with Crippen LogP contribution in [0.1, 0.15) is 43.6 Å². The van der Waals surface area contributed by atoms with Gasteiger partial charge in [0.1, 0.15) is 11.5 Å². The van der Waals surface area contributed by atoms with E-state index >= 15 is 0 Å². The average Bonchev–Trinajstić information content (AvgIpc) is 2.50. The molecule has 21 heavy (non-hydrogen) atoms. The van der Waals surface area contributed by atoms with Crippen molar-refractivity contribution in [3.8, 4) is 0 Å². The number of hydrogen-bond acceptors (Lipinski definition) is 4. The molecule has 1 fully saturated rings. The van der Waals surface area contributed by atoms with Crippen molar-refractivity contribution in [2.75, 3.05) is 31.5 Å². The molecular weight excluding hydrogens is 264 g/mol. The normalized spacial score (nSPS) is 16.7. The molecule has 0 spiro atoms. The van der Waals surface area contributed by atoms with Crippen LogP contribution in [0.25, 0.3) is 0 Å². The van der Waals surface area contributed by atoms with Gasteiger partial charge in [0.05, 0.1) is 0 Å². The van der Waals surface area contributed by atoms with Crippen LogP contribution < -0.4 is 10.6 Å². The highest BCUT2D eigenvalue weighted by molar-refractivity contribution is 5.92. The minimum absolute atomic E-state index is 0.0660. The molecule has 0 saturated carbocycles. The van der Waals surface area contributed by atoms with E-state index in [1.165, 1.54) is 6.42 Å². The fourth-order valence-electron chi connectivity index (χ4n) is 2.72. The van der Waals surface area contributed by atoms with Crippen molar-refractivity contribution >= 4 is 11.7 Å². The Morgan fingerprint density at radius 2 is 2.10 bits per heavy atom. The van der Waals surface area contributed by atoms with Crippen molar-refractivity contribution in [1.82, 2.24) is 15.2 Å². The van der Waals surface area contributed by atoms with E-state index in [4.69, 9.17) is 0 Å². The number of aromatic nitrogens is 1. The van der Waals surface area contributed by atoms with Gasteiger partial charge < -0.3 is 15.5 Å². The third-order valence-electron chi connectivity index (χ3n) is 3.80. The molecule has 0 atom stereocenters. The molecule has 1 amide bonds. The molecule has 0 radical (unpaired) electrons. The first-order valence-electron chi connectivity index (χ1n) is 7.97. The van der Waals surface area contributed by atoms with Gasteiger partial charge in [0.2, 0.25) is 0 Å². The smallest absolute Gasteiger partial charge is 0.270 e. The van der Waals surface area contributed by atoms with Crippen LogP contribution in [0.15, 0.2) is 18.2 Å². The van der Waals surface area contributed by atoms with E-state index in [0.29, 0.717) is 5.69 Å². The minimum Gasteiger partial charge on any atom is -0.370 e. The van der Waals surface area contributed by atoms with E-state index < -0.39 is 0 Å². The predicted octanol–water partition coefficient (Wildman–Crippen LogP) is 2.12. The standard InChI is InChI=1S/C16H26N4O/c1-3-10-20-11-8-13(9-12-20)18-16(21)14-6-5-7-15(19-14)17-4-2/h5-7,13H,3-4,8-12H2,1-2H3,(H,17,19)(H,18,21). The van der Waals surface area contributed by atoms with Gasteiger partial charge in [-0.2, -0.15) is 0 Å². The first-order valence-corrected chi connectivity index (χ1v) is 7.97. The van der Waals surface area contributed by atoms with E-state index in [9.17, 15) is 4.79 Å². The lowest BCUT2D eigenvalue weighted by Crippen LogP contribution is -2.44. The van der Waals surface area contributed by atoms with Gasteiger partial charge in [0, 0.05) is 25.7 Å². The Balaban J connectivity index is 1.86. The fourth-order valence-corrected chi connectivity index (χ4v) is 2.72. The van der Waals surface area contributed by atoms with Crippen molar-refractivity contribution < 1.29 is 4.79 Å². The lowest BCUT2D eigenvalue weighted by atomic mass is 10.0. The predicted molar refractivity (Wildman–Crippen MR) is 85.6 cm³/mol. The molecule has 2 N–H and O–H groups in total. The number of nitrogens with one attached hydrogen (secondary N) is 2. The van der Waals surface area contributed by atoms with E-state index in [1.807, 2.05) is 19.1 Å². The third kappa shape index (κ3) is 4.70. The molecule has 1 aliphatic heterocycles. The molecular formula is C16H26N4O. The molecule has 0 aromatic carbocycles. The summed E-state index contributed by atoms with van der Waals surface area (Å²) < 4.78 is 0. The first kappa shape index (κ1) is 15.8. The summed E-state index contributed by atoms with van der Waals surface area (Å²) in [6.45, 7) is 8.32. The highest BCUT2D eigenvalue weighted by Gasteiger charge is 2.21. The zero-order chi connectivity index (χ0) is 15.1. The molecule has 0 aliphatic carbocycles. The quantitative estimate of drug-likeness (QED) is 0.842. The summed E-state index contributed by atoms with van der Waals surface area (Å²) in [4.78, 5) is 19.1. The molecule has 1 aliphatic rings. The molecule has 1 aromatic heterocycles. The maximum Gasteiger partial charge on any atom is 0.270 e. The number of carbonyl (C=O) groups is 1. The number of likely N-dealkylation sites (tertiary alicyclic amines) is 1. The highest BCUT2D eigenvalue weighted by Crippen LogP contribution is 2.12. The van der Waals surface area contributed by atoms with Crippen LogP contribution in [0.3, 0.4) is 0 Å².